The van der Waals surface area contributed by atoms with Gasteiger partial charge in [-0.2, -0.15) is 0 Å². The Morgan fingerprint density at radius 1 is 1.12 bits per heavy atom. The van der Waals surface area contributed by atoms with Crippen LogP contribution in [0.25, 0.3) is 11.0 Å². The average Bonchev–Trinajstić information content (AvgIpc) is 2.96. The summed E-state index contributed by atoms with van der Waals surface area (Å²) in [6.45, 7) is 4.01. The minimum Gasteiger partial charge on any atom is -0.494 e. The van der Waals surface area contributed by atoms with E-state index in [-0.39, 0.29) is 11.6 Å². The van der Waals surface area contributed by atoms with Crippen LogP contribution in [0.3, 0.4) is 0 Å². The fraction of sp³-hybridized carbons (Fsp3) is 0.350. The molecule has 2 aromatic carbocycles. The zero-order valence-corrected chi connectivity index (χ0v) is 14.6. The van der Waals surface area contributed by atoms with Crippen LogP contribution in [0, 0.1) is 12.7 Å². The predicted octanol–water partition coefficient (Wildman–Crippen LogP) is 4.33. The van der Waals surface area contributed by atoms with Crippen molar-refractivity contribution in [1.29, 1.82) is 0 Å². The first kappa shape index (κ1) is 15.9. The molecule has 25 heavy (non-hydrogen) atoms. The van der Waals surface area contributed by atoms with Crippen LogP contribution in [0.1, 0.15) is 24.7 Å². The van der Waals surface area contributed by atoms with E-state index in [2.05, 4.69) is 38.7 Å². The Labute approximate surface area is 146 Å². The number of imidazole rings is 1. The van der Waals surface area contributed by atoms with E-state index in [0.717, 1.165) is 37.3 Å². The van der Waals surface area contributed by atoms with Crippen molar-refractivity contribution in [3.05, 3.63) is 54.1 Å². The molecule has 0 radical (unpaired) electrons. The van der Waals surface area contributed by atoms with Gasteiger partial charge >= 0.3 is 0 Å². The van der Waals surface area contributed by atoms with Gasteiger partial charge in [-0.25, -0.2) is 9.37 Å². The van der Waals surface area contributed by atoms with Crippen molar-refractivity contribution in [2.45, 2.75) is 25.8 Å². The van der Waals surface area contributed by atoms with Crippen molar-refractivity contribution in [3.63, 3.8) is 0 Å². The summed E-state index contributed by atoms with van der Waals surface area (Å²) in [6.07, 6.45) is 2.09. The van der Waals surface area contributed by atoms with Gasteiger partial charge in [-0.3, -0.25) is 0 Å². The number of aromatic nitrogens is 2. The summed E-state index contributed by atoms with van der Waals surface area (Å²) in [5.41, 5.74) is 2.92. The molecule has 2 heterocycles. The van der Waals surface area contributed by atoms with Gasteiger partial charge in [-0.1, -0.05) is 18.2 Å². The molecule has 1 fully saturated rings. The van der Waals surface area contributed by atoms with Gasteiger partial charge in [0.2, 0.25) is 0 Å². The average molecular weight is 339 g/mol. The van der Waals surface area contributed by atoms with E-state index in [1.807, 2.05) is 13.0 Å². The lowest BCUT2D eigenvalue weighted by Gasteiger charge is -2.35. The van der Waals surface area contributed by atoms with Gasteiger partial charge in [0.05, 0.1) is 18.1 Å². The van der Waals surface area contributed by atoms with Crippen molar-refractivity contribution in [2.75, 3.05) is 25.1 Å². The van der Waals surface area contributed by atoms with Crippen LogP contribution in [-0.2, 0) is 0 Å². The largest absolute Gasteiger partial charge is 0.494 e. The summed E-state index contributed by atoms with van der Waals surface area (Å²) in [6, 6.07) is 14.1. The maximum absolute atomic E-state index is 14.0. The predicted molar refractivity (Wildman–Crippen MR) is 97.9 cm³/mol. The number of rotatable bonds is 3. The van der Waals surface area contributed by atoms with Gasteiger partial charge in [0.1, 0.15) is 5.82 Å². The lowest BCUT2D eigenvalue weighted by atomic mass is 10.0. The first-order chi connectivity index (χ1) is 12.2. The van der Waals surface area contributed by atoms with Crippen molar-refractivity contribution < 1.29 is 9.13 Å². The zero-order valence-electron chi connectivity index (χ0n) is 14.6. The van der Waals surface area contributed by atoms with Gasteiger partial charge in [0.15, 0.2) is 11.6 Å². The molecule has 0 amide bonds. The summed E-state index contributed by atoms with van der Waals surface area (Å²) in [5.74, 6) is 0.842. The molecule has 5 heteroatoms. The Kier molecular flexibility index (Phi) is 4.07. The molecule has 1 aromatic heterocycles. The highest BCUT2D eigenvalue weighted by molar-refractivity contribution is 5.78. The van der Waals surface area contributed by atoms with E-state index in [4.69, 9.17) is 4.74 Å². The number of aryl methyl sites for hydroxylation is 1. The SMILES string of the molecule is COc1cc2c(cc1F)nc(C)n2C1CCN(c2ccccc2)CC1. The van der Waals surface area contributed by atoms with Gasteiger partial charge in [-0.05, 0) is 31.9 Å². The monoisotopic (exact) mass is 339 g/mol. The van der Waals surface area contributed by atoms with Crippen LogP contribution in [0.15, 0.2) is 42.5 Å². The van der Waals surface area contributed by atoms with E-state index in [1.165, 1.54) is 18.9 Å². The van der Waals surface area contributed by atoms with E-state index in [1.54, 1.807) is 6.07 Å². The third-order valence-electron chi connectivity index (χ3n) is 5.09. The molecule has 3 aromatic rings. The number of hydrogen-bond acceptors (Lipinski definition) is 3. The van der Waals surface area contributed by atoms with Crippen molar-refractivity contribution >= 4 is 16.7 Å². The van der Waals surface area contributed by atoms with Gasteiger partial charge in [-0.15, -0.1) is 0 Å². The second-order valence-corrected chi connectivity index (χ2v) is 6.56. The number of anilines is 1. The van der Waals surface area contributed by atoms with Gasteiger partial charge in [0.25, 0.3) is 0 Å². The fourth-order valence-electron chi connectivity index (χ4n) is 3.86. The molecule has 0 atom stereocenters. The van der Waals surface area contributed by atoms with Crippen LogP contribution in [0.2, 0.25) is 0 Å². The van der Waals surface area contributed by atoms with Crippen LogP contribution >= 0.6 is 0 Å². The molecule has 0 bridgehead atoms. The van der Waals surface area contributed by atoms with Gasteiger partial charge in [0, 0.05) is 37.0 Å². The molecule has 1 saturated heterocycles. The topological polar surface area (TPSA) is 30.3 Å². The summed E-state index contributed by atoms with van der Waals surface area (Å²) in [4.78, 5) is 6.98. The number of fused-ring (bicyclic) bond motifs is 1. The van der Waals surface area contributed by atoms with E-state index in [0.29, 0.717) is 11.6 Å². The number of benzene rings is 2. The van der Waals surface area contributed by atoms with Crippen LogP contribution in [0.5, 0.6) is 5.75 Å². The molecule has 4 nitrogen and oxygen atoms in total. The van der Waals surface area contributed by atoms with Crippen molar-refractivity contribution in [1.82, 2.24) is 9.55 Å². The number of halogens is 1. The number of methoxy groups -OCH3 is 1. The second kappa shape index (κ2) is 6.39. The van der Waals surface area contributed by atoms with Crippen LogP contribution in [-0.4, -0.2) is 29.8 Å². The highest BCUT2D eigenvalue weighted by Crippen LogP contribution is 2.33. The lowest BCUT2D eigenvalue weighted by molar-refractivity contribution is 0.384. The minimum absolute atomic E-state index is 0.273. The zero-order chi connectivity index (χ0) is 17.4. The molecule has 0 N–H and O–H groups in total. The smallest absolute Gasteiger partial charge is 0.167 e. The Hall–Kier alpha value is -2.56. The maximum atomic E-state index is 14.0. The van der Waals surface area contributed by atoms with Gasteiger partial charge < -0.3 is 14.2 Å². The van der Waals surface area contributed by atoms with Crippen LogP contribution in [0.4, 0.5) is 10.1 Å². The Morgan fingerprint density at radius 3 is 2.52 bits per heavy atom. The van der Waals surface area contributed by atoms with Crippen molar-refractivity contribution in [3.8, 4) is 5.75 Å². The Morgan fingerprint density at radius 2 is 1.84 bits per heavy atom. The van der Waals surface area contributed by atoms with Crippen molar-refractivity contribution in [2.24, 2.45) is 0 Å². The molecule has 130 valence electrons. The molecule has 4 rings (SSSR count). The molecule has 0 unspecified atom stereocenters. The number of para-hydroxylation sites is 1. The Bertz CT molecular complexity index is 883. The minimum atomic E-state index is -0.362. The van der Waals surface area contributed by atoms with E-state index in [9.17, 15) is 4.39 Å². The number of ether oxygens (including phenoxy) is 1. The summed E-state index contributed by atoms with van der Waals surface area (Å²) < 4.78 is 21.4. The first-order valence-corrected chi connectivity index (χ1v) is 8.69. The normalized spacial score (nSPS) is 15.7. The molecule has 0 saturated carbocycles. The second-order valence-electron chi connectivity index (χ2n) is 6.56. The molecular formula is C20H22FN3O. The summed E-state index contributed by atoms with van der Waals surface area (Å²) in [7, 11) is 1.50. The first-order valence-electron chi connectivity index (χ1n) is 8.69. The highest BCUT2D eigenvalue weighted by Gasteiger charge is 2.24. The highest BCUT2D eigenvalue weighted by atomic mass is 19.1. The summed E-state index contributed by atoms with van der Waals surface area (Å²) in [5, 5.41) is 0. The summed E-state index contributed by atoms with van der Waals surface area (Å²) >= 11 is 0. The number of piperidine rings is 1. The molecule has 0 spiro atoms. The quantitative estimate of drug-likeness (QED) is 0.711. The van der Waals surface area contributed by atoms with E-state index >= 15 is 0 Å². The molecule has 0 aliphatic carbocycles. The fourth-order valence-corrected chi connectivity index (χ4v) is 3.86. The molecule has 1 aliphatic rings. The van der Waals surface area contributed by atoms with Crippen LogP contribution < -0.4 is 9.64 Å². The number of nitrogens with zero attached hydrogens (tertiary/aromatic N) is 3. The third-order valence-corrected chi connectivity index (χ3v) is 5.09. The van der Waals surface area contributed by atoms with E-state index < -0.39 is 0 Å². The molecular weight excluding hydrogens is 317 g/mol. The Balaban J connectivity index is 1.62. The number of hydrogen-bond donors (Lipinski definition) is 0. The maximum Gasteiger partial charge on any atom is 0.167 e. The molecule has 1 aliphatic heterocycles. The lowest BCUT2D eigenvalue weighted by Crippen LogP contribution is -2.34. The standard InChI is InChI=1S/C20H22FN3O/c1-14-22-18-12-17(21)20(25-2)13-19(18)24(14)16-8-10-23(11-9-16)15-6-4-3-5-7-15/h3-7,12-13,16H,8-11H2,1-2H3. The third kappa shape index (κ3) is 2.84.